The van der Waals surface area contributed by atoms with Crippen LogP contribution in [0.4, 0.5) is 5.82 Å². The van der Waals surface area contributed by atoms with Gasteiger partial charge in [-0.25, -0.2) is 0 Å². The molecule has 0 saturated heterocycles. The standard InChI is InChI=1S/C16H19N3O4/c1-10-7-13(17)19(14(20)8-10)18-9-11-5-6-12(21-2)16(23-4)15(11)22-3/h5-9H,17H2,1-4H3/b18-9-. The van der Waals surface area contributed by atoms with Gasteiger partial charge in [0.05, 0.1) is 27.5 Å². The van der Waals surface area contributed by atoms with Crippen molar-refractivity contribution < 1.29 is 14.2 Å². The quantitative estimate of drug-likeness (QED) is 0.847. The van der Waals surface area contributed by atoms with E-state index in [1.165, 1.54) is 33.6 Å². The molecule has 0 bridgehead atoms. The van der Waals surface area contributed by atoms with Crippen molar-refractivity contribution in [3.63, 3.8) is 0 Å². The van der Waals surface area contributed by atoms with Gasteiger partial charge in [0.15, 0.2) is 11.5 Å². The summed E-state index contributed by atoms with van der Waals surface area (Å²) in [6.07, 6.45) is 1.48. The summed E-state index contributed by atoms with van der Waals surface area (Å²) in [6, 6.07) is 6.60. The van der Waals surface area contributed by atoms with Gasteiger partial charge in [0.25, 0.3) is 5.56 Å². The fourth-order valence-electron chi connectivity index (χ4n) is 2.19. The molecular formula is C16H19N3O4. The highest BCUT2D eigenvalue weighted by molar-refractivity contribution is 5.86. The Bertz CT molecular complexity index is 797. The second-order valence-electron chi connectivity index (χ2n) is 4.78. The molecule has 1 aromatic heterocycles. The molecule has 0 aliphatic heterocycles. The van der Waals surface area contributed by atoms with Crippen LogP contribution >= 0.6 is 0 Å². The van der Waals surface area contributed by atoms with Crippen molar-refractivity contribution in [3.05, 3.63) is 45.7 Å². The minimum absolute atomic E-state index is 0.255. The molecule has 0 saturated carbocycles. The van der Waals surface area contributed by atoms with Crippen molar-refractivity contribution in [1.82, 2.24) is 4.68 Å². The monoisotopic (exact) mass is 317 g/mol. The SMILES string of the molecule is COc1ccc(/C=N\n2c(N)cc(C)cc2=O)c(OC)c1OC. The first-order valence-corrected chi connectivity index (χ1v) is 6.84. The van der Waals surface area contributed by atoms with Gasteiger partial charge in [0, 0.05) is 11.6 Å². The Morgan fingerprint density at radius 1 is 1.09 bits per heavy atom. The van der Waals surface area contributed by atoms with Crippen molar-refractivity contribution in [2.75, 3.05) is 27.1 Å². The van der Waals surface area contributed by atoms with E-state index < -0.39 is 0 Å². The fraction of sp³-hybridized carbons (Fsp3) is 0.250. The van der Waals surface area contributed by atoms with E-state index >= 15 is 0 Å². The van der Waals surface area contributed by atoms with Crippen molar-refractivity contribution in [1.29, 1.82) is 0 Å². The average molecular weight is 317 g/mol. The van der Waals surface area contributed by atoms with Crippen LogP contribution < -0.4 is 25.5 Å². The Morgan fingerprint density at radius 3 is 2.35 bits per heavy atom. The van der Waals surface area contributed by atoms with Crippen molar-refractivity contribution in [2.45, 2.75) is 6.92 Å². The summed E-state index contributed by atoms with van der Waals surface area (Å²) in [5, 5.41) is 4.13. The largest absolute Gasteiger partial charge is 0.493 e. The minimum Gasteiger partial charge on any atom is -0.493 e. The van der Waals surface area contributed by atoms with Crippen LogP contribution in [0.5, 0.6) is 17.2 Å². The lowest BCUT2D eigenvalue weighted by Crippen LogP contribution is -2.19. The second-order valence-corrected chi connectivity index (χ2v) is 4.78. The maximum Gasteiger partial charge on any atom is 0.273 e. The van der Waals surface area contributed by atoms with Gasteiger partial charge in [0.1, 0.15) is 5.82 Å². The second kappa shape index (κ2) is 6.87. The summed E-state index contributed by atoms with van der Waals surface area (Å²) in [5.41, 5.74) is 6.93. The number of nitrogens with zero attached hydrogens (tertiary/aromatic N) is 2. The number of benzene rings is 1. The summed E-state index contributed by atoms with van der Waals surface area (Å²) >= 11 is 0. The van der Waals surface area contributed by atoms with Crippen LogP contribution in [0.1, 0.15) is 11.1 Å². The Hall–Kier alpha value is -2.96. The molecule has 1 heterocycles. The number of anilines is 1. The van der Waals surface area contributed by atoms with Crippen LogP contribution in [0.25, 0.3) is 0 Å². The molecular weight excluding hydrogens is 298 g/mol. The van der Waals surface area contributed by atoms with Crippen molar-refractivity contribution in [3.8, 4) is 17.2 Å². The van der Waals surface area contributed by atoms with Crippen LogP contribution in [-0.4, -0.2) is 32.2 Å². The third kappa shape index (κ3) is 3.28. The van der Waals surface area contributed by atoms with Crippen molar-refractivity contribution in [2.24, 2.45) is 5.10 Å². The molecule has 2 rings (SSSR count). The Morgan fingerprint density at radius 2 is 1.78 bits per heavy atom. The Balaban J connectivity index is 2.50. The van der Waals surface area contributed by atoms with Gasteiger partial charge >= 0.3 is 0 Å². The number of ether oxygens (including phenoxy) is 3. The molecule has 0 unspecified atom stereocenters. The molecule has 7 heteroatoms. The van der Waals surface area contributed by atoms with E-state index in [-0.39, 0.29) is 11.4 Å². The minimum atomic E-state index is -0.307. The number of aryl methyl sites for hydroxylation is 1. The maximum atomic E-state index is 12.0. The first-order valence-electron chi connectivity index (χ1n) is 6.84. The molecule has 7 nitrogen and oxygen atoms in total. The number of rotatable bonds is 5. The summed E-state index contributed by atoms with van der Waals surface area (Å²) in [7, 11) is 4.57. The summed E-state index contributed by atoms with van der Waals surface area (Å²) in [4.78, 5) is 12.0. The number of pyridine rings is 1. The maximum absolute atomic E-state index is 12.0. The van der Waals surface area contributed by atoms with E-state index in [1.807, 2.05) is 0 Å². The smallest absolute Gasteiger partial charge is 0.273 e. The summed E-state index contributed by atoms with van der Waals surface area (Å²) in [5.74, 6) is 1.69. The highest BCUT2D eigenvalue weighted by Crippen LogP contribution is 2.38. The number of nitrogen functional groups attached to an aromatic ring is 1. The lowest BCUT2D eigenvalue weighted by atomic mass is 10.2. The van der Waals surface area contributed by atoms with Gasteiger partial charge in [0.2, 0.25) is 5.75 Å². The first-order chi connectivity index (χ1) is 11.0. The predicted octanol–water partition coefficient (Wildman–Crippen LogP) is 1.65. The fourth-order valence-corrected chi connectivity index (χ4v) is 2.19. The third-order valence-electron chi connectivity index (χ3n) is 3.23. The van der Waals surface area contributed by atoms with Crippen molar-refractivity contribution >= 4 is 12.0 Å². The molecule has 0 amide bonds. The van der Waals surface area contributed by atoms with Gasteiger partial charge in [-0.15, -0.1) is 0 Å². The van der Waals surface area contributed by atoms with E-state index in [2.05, 4.69) is 5.10 Å². The van der Waals surface area contributed by atoms with Crippen LogP contribution in [0.15, 0.2) is 34.2 Å². The normalized spacial score (nSPS) is 10.8. The van der Waals surface area contributed by atoms with Gasteiger partial charge in [-0.05, 0) is 30.7 Å². The highest BCUT2D eigenvalue weighted by Gasteiger charge is 2.14. The van der Waals surface area contributed by atoms with Gasteiger partial charge in [-0.3, -0.25) is 4.79 Å². The highest BCUT2D eigenvalue weighted by atomic mass is 16.5. The van der Waals surface area contributed by atoms with Gasteiger partial charge < -0.3 is 19.9 Å². The molecule has 0 aliphatic rings. The summed E-state index contributed by atoms with van der Waals surface area (Å²) in [6.45, 7) is 1.79. The molecule has 0 fully saturated rings. The third-order valence-corrected chi connectivity index (χ3v) is 3.23. The first kappa shape index (κ1) is 16.4. The number of hydrogen-bond donors (Lipinski definition) is 1. The van der Waals surface area contributed by atoms with E-state index in [0.29, 0.717) is 22.8 Å². The lowest BCUT2D eigenvalue weighted by molar-refractivity contribution is 0.324. The van der Waals surface area contributed by atoms with Crippen LogP contribution in [0.2, 0.25) is 0 Å². The van der Waals surface area contributed by atoms with E-state index in [4.69, 9.17) is 19.9 Å². The summed E-state index contributed by atoms with van der Waals surface area (Å²) < 4.78 is 17.0. The average Bonchev–Trinajstić information content (AvgIpc) is 2.52. The van der Waals surface area contributed by atoms with Gasteiger partial charge in [-0.2, -0.15) is 9.78 Å². The van der Waals surface area contributed by atoms with E-state index in [1.54, 1.807) is 25.1 Å². The van der Waals surface area contributed by atoms with Crippen LogP contribution in [-0.2, 0) is 0 Å². The molecule has 2 N–H and O–H groups in total. The molecule has 0 atom stereocenters. The van der Waals surface area contributed by atoms with Gasteiger partial charge in [-0.1, -0.05) is 0 Å². The van der Waals surface area contributed by atoms with E-state index in [0.717, 1.165) is 10.2 Å². The molecule has 122 valence electrons. The van der Waals surface area contributed by atoms with Crippen LogP contribution in [0.3, 0.4) is 0 Å². The molecule has 2 aromatic rings. The number of methoxy groups -OCH3 is 3. The topological polar surface area (TPSA) is 88.1 Å². The molecule has 0 spiro atoms. The van der Waals surface area contributed by atoms with E-state index in [9.17, 15) is 4.79 Å². The zero-order valence-electron chi connectivity index (χ0n) is 13.5. The molecule has 0 radical (unpaired) electrons. The zero-order valence-corrected chi connectivity index (χ0v) is 13.5. The molecule has 0 aliphatic carbocycles. The zero-order chi connectivity index (χ0) is 17.0. The molecule has 23 heavy (non-hydrogen) atoms. The number of aromatic nitrogens is 1. The van der Waals surface area contributed by atoms with Crippen LogP contribution in [0, 0.1) is 6.92 Å². The lowest BCUT2D eigenvalue weighted by Gasteiger charge is -2.13. The predicted molar refractivity (Wildman–Crippen MR) is 88.9 cm³/mol. The number of nitrogens with two attached hydrogens (primary N) is 1. The molecule has 1 aromatic carbocycles. The Kier molecular flexibility index (Phi) is 4.90. The Labute approximate surface area is 133 Å². The number of hydrogen-bond acceptors (Lipinski definition) is 6.